The molecule has 1 N–H and O–H groups in total. The van der Waals surface area contributed by atoms with Crippen molar-refractivity contribution in [3.05, 3.63) is 30.3 Å². The van der Waals surface area contributed by atoms with Gasteiger partial charge in [-0.25, -0.2) is 0 Å². The van der Waals surface area contributed by atoms with Gasteiger partial charge in [-0.05, 0) is 18.6 Å². The van der Waals surface area contributed by atoms with E-state index >= 15 is 0 Å². The first-order valence-corrected chi connectivity index (χ1v) is 4.69. The Morgan fingerprint density at radius 1 is 1.31 bits per heavy atom. The summed E-state index contributed by atoms with van der Waals surface area (Å²) in [7, 11) is 0. The molecule has 0 aliphatic rings. The highest BCUT2D eigenvalue weighted by atomic mass is 16.5. The summed E-state index contributed by atoms with van der Waals surface area (Å²) in [6, 6.07) is 9.60. The molecule has 0 amide bonds. The van der Waals surface area contributed by atoms with Crippen molar-refractivity contribution >= 4 is 0 Å². The maximum absolute atomic E-state index is 8.99. The molecule has 1 aromatic rings. The molecule has 1 aromatic carbocycles. The standard InChI is InChI=1S/C11H16O2/c1-2-6-11(9-12)13-10-7-4-3-5-8-10/h3-5,7-8,11-12H,2,6,9H2,1H3. The second-order valence-corrected chi connectivity index (χ2v) is 3.02. The molecule has 0 heterocycles. The maximum atomic E-state index is 8.99. The predicted molar refractivity (Wildman–Crippen MR) is 52.9 cm³/mol. The van der Waals surface area contributed by atoms with E-state index in [4.69, 9.17) is 9.84 Å². The van der Waals surface area contributed by atoms with Crippen molar-refractivity contribution in [3.63, 3.8) is 0 Å². The van der Waals surface area contributed by atoms with Crippen LogP contribution in [0.1, 0.15) is 19.8 Å². The molecular weight excluding hydrogens is 164 g/mol. The summed E-state index contributed by atoms with van der Waals surface area (Å²) >= 11 is 0. The van der Waals surface area contributed by atoms with E-state index in [1.54, 1.807) is 0 Å². The average molecular weight is 180 g/mol. The second kappa shape index (κ2) is 5.60. The van der Waals surface area contributed by atoms with Gasteiger partial charge in [-0.1, -0.05) is 31.5 Å². The number of ether oxygens (including phenoxy) is 1. The molecule has 1 rings (SSSR count). The van der Waals surface area contributed by atoms with Crippen molar-refractivity contribution in [1.29, 1.82) is 0 Å². The molecule has 72 valence electrons. The van der Waals surface area contributed by atoms with E-state index in [0.29, 0.717) is 0 Å². The monoisotopic (exact) mass is 180 g/mol. The van der Waals surface area contributed by atoms with Crippen LogP contribution in [0.3, 0.4) is 0 Å². The van der Waals surface area contributed by atoms with Gasteiger partial charge in [0, 0.05) is 0 Å². The normalized spacial score (nSPS) is 12.5. The van der Waals surface area contributed by atoms with Gasteiger partial charge in [-0.3, -0.25) is 0 Å². The quantitative estimate of drug-likeness (QED) is 0.753. The van der Waals surface area contributed by atoms with Gasteiger partial charge in [-0.15, -0.1) is 0 Å². The predicted octanol–water partition coefficient (Wildman–Crippen LogP) is 2.23. The van der Waals surface area contributed by atoms with Crippen LogP contribution < -0.4 is 4.74 Å². The van der Waals surface area contributed by atoms with Crippen molar-refractivity contribution in [2.24, 2.45) is 0 Å². The summed E-state index contributed by atoms with van der Waals surface area (Å²) in [5, 5.41) is 8.99. The van der Waals surface area contributed by atoms with Crippen LogP contribution in [0.25, 0.3) is 0 Å². The van der Waals surface area contributed by atoms with Gasteiger partial charge in [0.1, 0.15) is 11.9 Å². The lowest BCUT2D eigenvalue weighted by Gasteiger charge is -2.15. The Morgan fingerprint density at radius 3 is 2.54 bits per heavy atom. The van der Waals surface area contributed by atoms with Gasteiger partial charge in [0.15, 0.2) is 0 Å². The Balaban J connectivity index is 2.46. The summed E-state index contributed by atoms with van der Waals surface area (Å²) in [6.45, 7) is 2.17. The lowest BCUT2D eigenvalue weighted by Crippen LogP contribution is -2.20. The lowest BCUT2D eigenvalue weighted by molar-refractivity contribution is 0.108. The first kappa shape index (κ1) is 10.1. The first-order valence-electron chi connectivity index (χ1n) is 4.69. The highest BCUT2D eigenvalue weighted by molar-refractivity contribution is 5.21. The largest absolute Gasteiger partial charge is 0.488 e. The third-order valence-corrected chi connectivity index (χ3v) is 1.86. The van der Waals surface area contributed by atoms with E-state index in [1.165, 1.54) is 0 Å². The van der Waals surface area contributed by atoms with Gasteiger partial charge in [-0.2, -0.15) is 0 Å². The zero-order valence-electron chi connectivity index (χ0n) is 7.94. The number of benzene rings is 1. The van der Waals surface area contributed by atoms with E-state index in [-0.39, 0.29) is 12.7 Å². The number of aliphatic hydroxyl groups is 1. The van der Waals surface area contributed by atoms with E-state index in [9.17, 15) is 0 Å². The van der Waals surface area contributed by atoms with E-state index in [0.717, 1.165) is 18.6 Å². The highest BCUT2D eigenvalue weighted by Crippen LogP contribution is 2.12. The number of para-hydroxylation sites is 1. The fraction of sp³-hybridized carbons (Fsp3) is 0.455. The van der Waals surface area contributed by atoms with Gasteiger partial charge in [0.05, 0.1) is 6.61 Å². The minimum atomic E-state index is -0.0626. The molecule has 0 bridgehead atoms. The van der Waals surface area contributed by atoms with Gasteiger partial charge in [0.2, 0.25) is 0 Å². The minimum absolute atomic E-state index is 0.0626. The summed E-state index contributed by atoms with van der Waals surface area (Å²) in [6.07, 6.45) is 1.86. The summed E-state index contributed by atoms with van der Waals surface area (Å²) in [5.74, 6) is 0.829. The topological polar surface area (TPSA) is 29.5 Å². The Morgan fingerprint density at radius 2 is 2.00 bits per heavy atom. The zero-order valence-corrected chi connectivity index (χ0v) is 7.94. The van der Waals surface area contributed by atoms with Crippen LogP contribution in [-0.2, 0) is 0 Å². The molecule has 0 aromatic heterocycles. The number of hydrogen-bond acceptors (Lipinski definition) is 2. The molecule has 0 aliphatic heterocycles. The maximum Gasteiger partial charge on any atom is 0.122 e. The third-order valence-electron chi connectivity index (χ3n) is 1.86. The molecule has 0 radical (unpaired) electrons. The molecule has 13 heavy (non-hydrogen) atoms. The molecular formula is C11H16O2. The Labute approximate surface area is 79.2 Å². The Bertz CT molecular complexity index is 221. The molecule has 2 heteroatoms. The molecule has 0 aliphatic carbocycles. The number of rotatable bonds is 5. The molecule has 0 saturated carbocycles. The van der Waals surface area contributed by atoms with Crippen molar-refractivity contribution in [3.8, 4) is 5.75 Å². The fourth-order valence-corrected chi connectivity index (χ4v) is 1.20. The zero-order chi connectivity index (χ0) is 9.52. The highest BCUT2D eigenvalue weighted by Gasteiger charge is 2.06. The van der Waals surface area contributed by atoms with Crippen LogP contribution in [0.5, 0.6) is 5.75 Å². The minimum Gasteiger partial charge on any atom is -0.488 e. The molecule has 0 spiro atoms. The number of aliphatic hydroxyl groups excluding tert-OH is 1. The van der Waals surface area contributed by atoms with Crippen molar-refractivity contribution < 1.29 is 9.84 Å². The van der Waals surface area contributed by atoms with Crippen LogP contribution in [0.2, 0.25) is 0 Å². The van der Waals surface area contributed by atoms with Crippen molar-refractivity contribution in [2.45, 2.75) is 25.9 Å². The van der Waals surface area contributed by atoms with Crippen molar-refractivity contribution in [1.82, 2.24) is 0 Å². The molecule has 1 atom stereocenters. The Hall–Kier alpha value is -1.02. The smallest absolute Gasteiger partial charge is 0.122 e. The van der Waals surface area contributed by atoms with Gasteiger partial charge in [0.25, 0.3) is 0 Å². The number of hydrogen-bond donors (Lipinski definition) is 1. The fourth-order valence-electron chi connectivity index (χ4n) is 1.20. The summed E-state index contributed by atoms with van der Waals surface area (Å²) in [4.78, 5) is 0. The van der Waals surface area contributed by atoms with E-state index < -0.39 is 0 Å². The van der Waals surface area contributed by atoms with Crippen LogP contribution in [0, 0.1) is 0 Å². The van der Waals surface area contributed by atoms with Gasteiger partial charge < -0.3 is 9.84 Å². The third kappa shape index (κ3) is 3.47. The first-order chi connectivity index (χ1) is 6.36. The van der Waals surface area contributed by atoms with Crippen LogP contribution in [0.15, 0.2) is 30.3 Å². The summed E-state index contributed by atoms with van der Waals surface area (Å²) < 4.78 is 5.55. The van der Waals surface area contributed by atoms with Gasteiger partial charge >= 0.3 is 0 Å². The van der Waals surface area contributed by atoms with E-state index in [2.05, 4.69) is 6.92 Å². The molecule has 2 nitrogen and oxygen atoms in total. The molecule has 0 fully saturated rings. The van der Waals surface area contributed by atoms with E-state index in [1.807, 2.05) is 30.3 Å². The molecule has 1 unspecified atom stereocenters. The van der Waals surface area contributed by atoms with Crippen LogP contribution in [-0.4, -0.2) is 17.8 Å². The average Bonchev–Trinajstić information content (AvgIpc) is 2.19. The van der Waals surface area contributed by atoms with Crippen LogP contribution >= 0.6 is 0 Å². The SMILES string of the molecule is CCCC(CO)Oc1ccccc1. The Kier molecular flexibility index (Phi) is 4.33. The van der Waals surface area contributed by atoms with Crippen molar-refractivity contribution in [2.75, 3.05) is 6.61 Å². The molecule has 0 saturated heterocycles. The van der Waals surface area contributed by atoms with Crippen LogP contribution in [0.4, 0.5) is 0 Å². The second-order valence-electron chi connectivity index (χ2n) is 3.02. The lowest BCUT2D eigenvalue weighted by atomic mass is 10.2. The summed E-state index contributed by atoms with van der Waals surface area (Å²) in [5.41, 5.74) is 0.